The molecule has 0 aromatic heterocycles. The minimum absolute atomic E-state index is 0.558. The molecule has 74 valence electrons. The molecule has 2 nitrogen and oxygen atoms in total. The van der Waals surface area contributed by atoms with Crippen molar-refractivity contribution in [3.63, 3.8) is 0 Å². The second-order valence-corrected chi connectivity index (χ2v) is 4.95. The second-order valence-electron chi connectivity index (χ2n) is 3.10. The first kappa shape index (κ1) is 12.6. The van der Waals surface area contributed by atoms with Crippen LogP contribution in [0, 0.1) is 0 Å². The highest BCUT2D eigenvalue weighted by molar-refractivity contribution is 7.98. The van der Waals surface area contributed by atoms with Crippen LogP contribution in [0.5, 0.6) is 0 Å². The molecule has 0 heterocycles. The van der Waals surface area contributed by atoms with E-state index in [9.17, 15) is 5.11 Å². The topological polar surface area (TPSA) is 32.3 Å². The van der Waals surface area contributed by atoms with E-state index < -0.39 is 5.60 Å². The third-order valence-electron chi connectivity index (χ3n) is 1.44. The minimum Gasteiger partial charge on any atom is -0.388 e. The smallest absolute Gasteiger partial charge is 0.0833 e. The van der Waals surface area contributed by atoms with Crippen molar-refractivity contribution in [1.82, 2.24) is 5.32 Å². The molecule has 0 saturated carbocycles. The van der Waals surface area contributed by atoms with E-state index in [1.807, 2.05) is 24.9 Å². The van der Waals surface area contributed by atoms with Crippen LogP contribution in [0.3, 0.4) is 0 Å². The van der Waals surface area contributed by atoms with Crippen molar-refractivity contribution in [2.75, 3.05) is 37.1 Å². The first-order valence-electron chi connectivity index (χ1n) is 4.03. The third-order valence-corrected chi connectivity index (χ3v) is 2.97. The summed E-state index contributed by atoms with van der Waals surface area (Å²) in [4.78, 5) is 0. The molecular weight excluding hydrogens is 190 g/mol. The maximum Gasteiger partial charge on any atom is 0.0833 e. The summed E-state index contributed by atoms with van der Waals surface area (Å²) in [5, 5.41) is 13.0. The summed E-state index contributed by atoms with van der Waals surface area (Å²) in [7, 11) is 0. The average Bonchev–Trinajstić information content (AvgIpc) is 1.98. The number of hydrogen-bond acceptors (Lipinski definition) is 4. The Kier molecular flexibility index (Phi) is 7.43. The molecule has 0 radical (unpaired) electrons. The molecule has 1 atom stereocenters. The third kappa shape index (κ3) is 7.28. The lowest BCUT2D eigenvalue weighted by molar-refractivity contribution is 0.0857. The van der Waals surface area contributed by atoms with Crippen LogP contribution in [0.2, 0.25) is 0 Å². The highest BCUT2D eigenvalue weighted by atomic mass is 32.2. The van der Waals surface area contributed by atoms with Crippen LogP contribution in [0.4, 0.5) is 0 Å². The van der Waals surface area contributed by atoms with Gasteiger partial charge in [-0.3, -0.25) is 0 Å². The fourth-order valence-electron chi connectivity index (χ4n) is 0.894. The van der Waals surface area contributed by atoms with Crippen molar-refractivity contribution in [2.45, 2.75) is 12.5 Å². The first-order valence-corrected chi connectivity index (χ1v) is 6.82. The Morgan fingerprint density at radius 2 is 2.00 bits per heavy atom. The van der Waals surface area contributed by atoms with Gasteiger partial charge in [-0.25, -0.2) is 0 Å². The predicted molar refractivity (Wildman–Crippen MR) is 60.3 cm³/mol. The average molecular weight is 209 g/mol. The molecule has 2 N–H and O–H groups in total. The van der Waals surface area contributed by atoms with Gasteiger partial charge in [0, 0.05) is 24.6 Å². The van der Waals surface area contributed by atoms with E-state index in [1.165, 1.54) is 0 Å². The van der Waals surface area contributed by atoms with Crippen molar-refractivity contribution >= 4 is 23.5 Å². The van der Waals surface area contributed by atoms with Gasteiger partial charge in [0.15, 0.2) is 0 Å². The largest absolute Gasteiger partial charge is 0.388 e. The SMILES string of the molecule is CSCCNCC(C)(O)CSC. The summed E-state index contributed by atoms with van der Waals surface area (Å²) in [6.45, 7) is 3.54. The van der Waals surface area contributed by atoms with E-state index in [0.717, 1.165) is 18.1 Å². The second kappa shape index (κ2) is 7.06. The molecule has 0 aromatic carbocycles. The molecule has 0 aliphatic carbocycles. The van der Waals surface area contributed by atoms with Crippen LogP contribution >= 0.6 is 23.5 Å². The van der Waals surface area contributed by atoms with Gasteiger partial charge < -0.3 is 10.4 Å². The molecule has 12 heavy (non-hydrogen) atoms. The van der Waals surface area contributed by atoms with Crippen molar-refractivity contribution in [2.24, 2.45) is 0 Å². The lowest BCUT2D eigenvalue weighted by Gasteiger charge is -2.22. The van der Waals surface area contributed by atoms with Crippen LogP contribution in [0.15, 0.2) is 0 Å². The van der Waals surface area contributed by atoms with Gasteiger partial charge in [-0.1, -0.05) is 0 Å². The normalized spacial score (nSPS) is 16.0. The number of rotatable bonds is 7. The fraction of sp³-hybridized carbons (Fsp3) is 1.00. The van der Waals surface area contributed by atoms with Crippen LogP contribution in [0.25, 0.3) is 0 Å². The Hall–Kier alpha value is 0.620. The van der Waals surface area contributed by atoms with Gasteiger partial charge in [-0.15, -0.1) is 0 Å². The Balaban J connectivity index is 3.33. The summed E-state index contributed by atoms with van der Waals surface area (Å²) in [6.07, 6.45) is 4.10. The van der Waals surface area contributed by atoms with Gasteiger partial charge in [-0.2, -0.15) is 23.5 Å². The number of nitrogens with one attached hydrogen (secondary N) is 1. The van der Waals surface area contributed by atoms with Gasteiger partial charge in [0.25, 0.3) is 0 Å². The molecule has 4 heteroatoms. The van der Waals surface area contributed by atoms with E-state index in [4.69, 9.17) is 0 Å². The van der Waals surface area contributed by atoms with E-state index in [0.29, 0.717) is 6.54 Å². The lowest BCUT2D eigenvalue weighted by atomic mass is 10.1. The maximum atomic E-state index is 9.72. The van der Waals surface area contributed by atoms with Crippen molar-refractivity contribution < 1.29 is 5.11 Å². The van der Waals surface area contributed by atoms with Gasteiger partial charge >= 0.3 is 0 Å². The Bertz CT molecular complexity index is 109. The molecule has 0 aliphatic heterocycles. The molecule has 0 aliphatic rings. The molecule has 0 rings (SSSR count). The van der Waals surface area contributed by atoms with Crippen molar-refractivity contribution in [3.8, 4) is 0 Å². The summed E-state index contributed by atoms with van der Waals surface area (Å²) in [5.74, 6) is 1.90. The van der Waals surface area contributed by atoms with Crippen LogP contribution in [0.1, 0.15) is 6.92 Å². The molecule has 0 fully saturated rings. The lowest BCUT2D eigenvalue weighted by Crippen LogP contribution is -2.40. The van der Waals surface area contributed by atoms with Gasteiger partial charge in [-0.05, 0) is 19.4 Å². The van der Waals surface area contributed by atoms with E-state index in [-0.39, 0.29) is 0 Å². The number of thioether (sulfide) groups is 2. The summed E-state index contributed by atoms with van der Waals surface area (Å²) >= 11 is 3.49. The summed E-state index contributed by atoms with van der Waals surface area (Å²) < 4.78 is 0. The summed E-state index contributed by atoms with van der Waals surface area (Å²) in [6, 6.07) is 0. The Labute approximate surface area is 83.9 Å². The van der Waals surface area contributed by atoms with Gasteiger partial charge in [0.1, 0.15) is 0 Å². The number of aliphatic hydroxyl groups is 1. The van der Waals surface area contributed by atoms with Crippen LogP contribution in [-0.4, -0.2) is 47.8 Å². The monoisotopic (exact) mass is 209 g/mol. The zero-order valence-corrected chi connectivity index (χ0v) is 9.73. The molecule has 0 aromatic rings. The first-order chi connectivity index (χ1) is 5.62. The van der Waals surface area contributed by atoms with Crippen molar-refractivity contribution in [3.05, 3.63) is 0 Å². The Morgan fingerprint density at radius 1 is 1.33 bits per heavy atom. The number of hydrogen-bond donors (Lipinski definition) is 2. The molecule has 0 bridgehead atoms. The zero-order valence-electron chi connectivity index (χ0n) is 8.09. The molecular formula is C8H19NOS2. The fourth-order valence-corrected chi connectivity index (χ4v) is 1.97. The predicted octanol–water partition coefficient (Wildman–Crippen LogP) is 1.05. The molecule has 0 spiro atoms. The van der Waals surface area contributed by atoms with Gasteiger partial charge in [0.05, 0.1) is 5.60 Å². The van der Waals surface area contributed by atoms with E-state index >= 15 is 0 Å². The van der Waals surface area contributed by atoms with Crippen LogP contribution in [-0.2, 0) is 0 Å². The highest BCUT2D eigenvalue weighted by Gasteiger charge is 2.18. The highest BCUT2D eigenvalue weighted by Crippen LogP contribution is 2.08. The molecule has 0 amide bonds. The van der Waals surface area contributed by atoms with Crippen molar-refractivity contribution in [1.29, 1.82) is 0 Å². The molecule has 1 unspecified atom stereocenters. The standard InChI is InChI=1S/C8H19NOS2/c1-8(10,7-12-3)6-9-4-5-11-2/h9-10H,4-7H2,1-3H3. The van der Waals surface area contributed by atoms with Gasteiger partial charge in [0.2, 0.25) is 0 Å². The van der Waals surface area contributed by atoms with Crippen LogP contribution < -0.4 is 5.32 Å². The minimum atomic E-state index is -0.558. The van der Waals surface area contributed by atoms with E-state index in [2.05, 4.69) is 11.6 Å². The summed E-state index contributed by atoms with van der Waals surface area (Å²) in [5.41, 5.74) is -0.558. The van der Waals surface area contributed by atoms with E-state index in [1.54, 1.807) is 11.8 Å². The quantitative estimate of drug-likeness (QED) is 0.614. The molecule has 0 saturated heterocycles. The zero-order chi connectivity index (χ0) is 9.45. The maximum absolute atomic E-state index is 9.72. The Morgan fingerprint density at radius 3 is 2.50 bits per heavy atom.